The number of halogens is 3. The van der Waals surface area contributed by atoms with Gasteiger partial charge in [-0.15, -0.1) is 0 Å². The maximum absolute atomic E-state index is 13.5. The standard InChI is InChI=1S/C18H13F3N6/c1-11-2-4-12(5-3-11)24-13-6-7-23-17(25-13)15-16(18(19,20)21)26-14-10-22-8-9-27(14)15/h2-10H,1H3,(H,23,24,25). The quantitative estimate of drug-likeness (QED) is 0.584. The largest absolute Gasteiger partial charge is 0.435 e. The molecule has 0 unspecified atom stereocenters. The molecule has 1 aromatic carbocycles. The molecule has 3 heterocycles. The minimum absolute atomic E-state index is 0.0697. The van der Waals surface area contributed by atoms with E-state index in [0.29, 0.717) is 5.82 Å². The molecule has 0 aliphatic carbocycles. The second-order valence-electron chi connectivity index (χ2n) is 5.87. The van der Waals surface area contributed by atoms with Gasteiger partial charge in [0, 0.05) is 24.3 Å². The molecule has 1 N–H and O–H groups in total. The smallest absolute Gasteiger partial charge is 0.340 e. The van der Waals surface area contributed by atoms with Crippen molar-refractivity contribution in [1.29, 1.82) is 0 Å². The first-order valence-electron chi connectivity index (χ1n) is 7.98. The fourth-order valence-electron chi connectivity index (χ4n) is 2.65. The maximum Gasteiger partial charge on any atom is 0.435 e. The van der Waals surface area contributed by atoms with E-state index in [9.17, 15) is 13.2 Å². The zero-order chi connectivity index (χ0) is 19.0. The molecule has 0 aliphatic heterocycles. The second-order valence-corrected chi connectivity index (χ2v) is 5.87. The summed E-state index contributed by atoms with van der Waals surface area (Å²) in [6.45, 7) is 1.96. The average Bonchev–Trinajstić information content (AvgIpc) is 3.04. The molecule has 0 bridgehead atoms. The molecular weight excluding hydrogens is 357 g/mol. The van der Waals surface area contributed by atoms with Crippen LogP contribution in [0, 0.1) is 6.92 Å². The van der Waals surface area contributed by atoms with Gasteiger partial charge in [0.1, 0.15) is 11.5 Å². The molecular formula is C18H13F3N6. The van der Waals surface area contributed by atoms with Gasteiger partial charge < -0.3 is 5.32 Å². The molecule has 0 radical (unpaired) electrons. The van der Waals surface area contributed by atoms with Crippen LogP contribution in [0.3, 0.4) is 0 Å². The minimum atomic E-state index is -4.65. The van der Waals surface area contributed by atoms with Gasteiger partial charge in [0.15, 0.2) is 17.2 Å². The van der Waals surface area contributed by atoms with E-state index < -0.39 is 11.9 Å². The van der Waals surface area contributed by atoms with Gasteiger partial charge >= 0.3 is 6.18 Å². The van der Waals surface area contributed by atoms with Crippen LogP contribution in [0.1, 0.15) is 11.3 Å². The topological polar surface area (TPSA) is 68.0 Å². The van der Waals surface area contributed by atoms with E-state index in [1.807, 2.05) is 31.2 Å². The fraction of sp³-hybridized carbons (Fsp3) is 0.111. The molecule has 0 amide bonds. The van der Waals surface area contributed by atoms with Gasteiger partial charge in [0.2, 0.25) is 0 Å². The van der Waals surface area contributed by atoms with Gasteiger partial charge in [-0.25, -0.2) is 15.0 Å². The van der Waals surface area contributed by atoms with Crippen molar-refractivity contribution in [3.8, 4) is 11.5 Å². The Balaban J connectivity index is 1.81. The number of anilines is 2. The van der Waals surface area contributed by atoms with Gasteiger partial charge in [0.05, 0.1) is 6.20 Å². The van der Waals surface area contributed by atoms with Crippen molar-refractivity contribution in [1.82, 2.24) is 24.3 Å². The second kappa shape index (κ2) is 6.35. The Hall–Kier alpha value is -3.49. The lowest BCUT2D eigenvalue weighted by molar-refractivity contribution is -0.140. The van der Waals surface area contributed by atoms with Crippen LogP contribution >= 0.6 is 0 Å². The minimum Gasteiger partial charge on any atom is -0.340 e. The first kappa shape index (κ1) is 17.0. The Morgan fingerprint density at radius 3 is 2.52 bits per heavy atom. The van der Waals surface area contributed by atoms with Crippen LogP contribution in [0.15, 0.2) is 55.1 Å². The number of fused-ring (bicyclic) bond motifs is 1. The Bertz CT molecular complexity index is 1100. The number of aryl methyl sites for hydroxylation is 1. The molecule has 6 nitrogen and oxygen atoms in total. The van der Waals surface area contributed by atoms with E-state index in [-0.39, 0.29) is 17.2 Å². The van der Waals surface area contributed by atoms with Gasteiger partial charge in [-0.1, -0.05) is 17.7 Å². The molecule has 0 saturated carbocycles. The van der Waals surface area contributed by atoms with Gasteiger partial charge in [-0.2, -0.15) is 13.2 Å². The van der Waals surface area contributed by atoms with Crippen LogP contribution in [0.2, 0.25) is 0 Å². The number of hydrogen-bond donors (Lipinski definition) is 1. The lowest BCUT2D eigenvalue weighted by atomic mass is 10.2. The summed E-state index contributed by atoms with van der Waals surface area (Å²) in [7, 11) is 0. The summed E-state index contributed by atoms with van der Waals surface area (Å²) in [5, 5.41) is 3.07. The van der Waals surface area contributed by atoms with E-state index >= 15 is 0 Å². The highest BCUT2D eigenvalue weighted by atomic mass is 19.4. The summed E-state index contributed by atoms with van der Waals surface area (Å²) in [4.78, 5) is 15.8. The van der Waals surface area contributed by atoms with Crippen LogP contribution in [-0.2, 0) is 6.18 Å². The normalized spacial score (nSPS) is 11.7. The lowest BCUT2D eigenvalue weighted by Crippen LogP contribution is -2.09. The lowest BCUT2D eigenvalue weighted by Gasteiger charge is -2.09. The number of imidazole rings is 1. The van der Waals surface area contributed by atoms with E-state index in [1.54, 1.807) is 6.07 Å². The van der Waals surface area contributed by atoms with E-state index in [0.717, 1.165) is 11.3 Å². The summed E-state index contributed by atoms with van der Waals surface area (Å²) in [6, 6.07) is 9.14. The van der Waals surface area contributed by atoms with Crippen LogP contribution in [0.4, 0.5) is 24.7 Å². The van der Waals surface area contributed by atoms with E-state index in [2.05, 4.69) is 25.3 Å². The molecule has 3 aromatic heterocycles. The Kier molecular flexibility index (Phi) is 3.98. The average molecular weight is 370 g/mol. The van der Waals surface area contributed by atoms with Crippen molar-refractivity contribution in [2.75, 3.05) is 5.32 Å². The zero-order valence-electron chi connectivity index (χ0n) is 14.1. The molecule has 0 spiro atoms. The third-order valence-corrected chi connectivity index (χ3v) is 3.89. The molecule has 9 heteroatoms. The molecule has 0 atom stereocenters. The highest BCUT2D eigenvalue weighted by Gasteiger charge is 2.39. The molecule has 4 aromatic rings. The monoisotopic (exact) mass is 370 g/mol. The molecule has 0 saturated heterocycles. The molecule has 136 valence electrons. The zero-order valence-corrected chi connectivity index (χ0v) is 14.1. The first-order chi connectivity index (χ1) is 12.9. The molecule has 4 rings (SSSR count). The summed E-state index contributed by atoms with van der Waals surface area (Å²) in [6.07, 6.45) is 0.793. The summed E-state index contributed by atoms with van der Waals surface area (Å²) in [5.41, 5.74) is 0.650. The number of benzene rings is 1. The summed E-state index contributed by atoms with van der Waals surface area (Å²) >= 11 is 0. The molecule has 0 aliphatic rings. The van der Waals surface area contributed by atoms with Crippen molar-refractivity contribution in [2.24, 2.45) is 0 Å². The molecule has 27 heavy (non-hydrogen) atoms. The predicted octanol–water partition coefficient (Wildman–Crippen LogP) is 4.26. The Labute approximate surface area is 151 Å². The summed E-state index contributed by atoms with van der Waals surface area (Å²) in [5.74, 6) is 0.291. The number of alkyl halides is 3. The number of nitrogens with one attached hydrogen (secondary N) is 1. The van der Waals surface area contributed by atoms with Crippen LogP contribution in [0.5, 0.6) is 0 Å². The SMILES string of the molecule is Cc1ccc(Nc2ccnc(-c3c(C(F)(F)F)nc4cnccn34)n2)cc1. The Morgan fingerprint density at radius 1 is 1.00 bits per heavy atom. The Morgan fingerprint density at radius 2 is 1.78 bits per heavy atom. The number of hydrogen-bond acceptors (Lipinski definition) is 5. The first-order valence-corrected chi connectivity index (χ1v) is 7.98. The fourth-order valence-corrected chi connectivity index (χ4v) is 2.65. The van der Waals surface area contributed by atoms with E-state index in [4.69, 9.17) is 0 Å². The van der Waals surface area contributed by atoms with Gasteiger partial charge in [0.25, 0.3) is 0 Å². The number of nitrogens with zero attached hydrogens (tertiary/aromatic N) is 5. The number of rotatable bonds is 3. The number of aromatic nitrogens is 5. The van der Waals surface area contributed by atoms with E-state index in [1.165, 1.54) is 29.2 Å². The highest BCUT2D eigenvalue weighted by molar-refractivity contribution is 5.64. The van der Waals surface area contributed by atoms with Crippen molar-refractivity contribution >= 4 is 17.2 Å². The highest BCUT2D eigenvalue weighted by Crippen LogP contribution is 2.36. The van der Waals surface area contributed by atoms with Gasteiger partial charge in [-0.3, -0.25) is 9.38 Å². The third kappa shape index (κ3) is 3.31. The maximum atomic E-state index is 13.5. The van der Waals surface area contributed by atoms with Crippen molar-refractivity contribution in [2.45, 2.75) is 13.1 Å². The predicted molar refractivity (Wildman–Crippen MR) is 93.5 cm³/mol. The van der Waals surface area contributed by atoms with Crippen molar-refractivity contribution in [3.63, 3.8) is 0 Å². The summed E-state index contributed by atoms with van der Waals surface area (Å²) < 4.78 is 41.7. The van der Waals surface area contributed by atoms with Crippen molar-refractivity contribution in [3.05, 3.63) is 66.4 Å². The van der Waals surface area contributed by atoms with Crippen LogP contribution in [0.25, 0.3) is 17.2 Å². The van der Waals surface area contributed by atoms with Crippen molar-refractivity contribution < 1.29 is 13.2 Å². The molecule has 0 fully saturated rings. The van der Waals surface area contributed by atoms with Crippen LogP contribution in [-0.4, -0.2) is 24.3 Å². The van der Waals surface area contributed by atoms with Gasteiger partial charge in [-0.05, 0) is 25.1 Å². The third-order valence-electron chi connectivity index (χ3n) is 3.89. The van der Waals surface area contributed by atoms with Crippen LogP contribution < -0.4 is 5.32 Å².